The third kappa shape index (κ3) is 11.7. The van der Waals surface area contributed by atoms with E-state index in [1.54, 1.807) is 18.2 Å². The number of aryl methyl sites for hydroxylation is 4. The number of hydrogen-bond acceptors (Lipinski definition) is 4. The SMILES string of the molecule is FC(F)(F)C(Cc1cccc(-c2ccc3c(c2)oc2cc(-c4cc(-c5ccccc5)ncc4-c4ccccc4-c4cc(CCc5ccc(-c6ccccc6)nc5)cc(CCc5ccc(-c6ccccc6)nc5)c4)ccc23)c1)C(F)(F)F. The van der Waals surface area contributed by atoms with Crippen molar-refractivity contribution in [2.75, 3.05) is 0 Å². The van der Waals surface area contributed by atoms with Gasteiger partial charge in [-0.3, -0.25) is 15.0 Å². The van der Waals surface area contributed by atoms with E-state index in [2.05, 4.69) is 103 Å². The zero-order valence-corrected chi connectivity index (χ0v) is 43.7. The Morgan fingerprint density at radius 3 is 1.31 bits per heavy atom. The summed E-state index contributed by atoms with van der Waals surface area (Å²) in [6, 6.07) is 73.8. The monoisotopic (exact) mass is 1080 g/mol. The van der Waals surface area contributed by atoms with Gasteiger partial charge < -0.3 is 4.42 Å². The molecule has 4 aromatic heterocycles. The molecule has 0 N–H and O–H groups in total. The van der Waals surface area contributed by atoms with Gasteiger partial charge in [0.15, 0.2) is 5.92 Å². The minimum atomic E-state index is -5.44. The Morgan fingerprint density at radius 2 is 0.765 bits per heavy atom. The molecule has 8 aromatic carbocycles. The van der Waals surface area contributed by atoms with E-state index in [1.165, 1.54) is 29.3 Å². The largest absolute Gasteiger partial charge is 0.456 e. The van der Waals surface area contributed by atoms with Crippen molar-refractivity contribution < 1.29 is 30.8 Å². The number of nitrogens with zero attached hydrogens (tertiary/aromatic N) is 3. The highest BCUT2D eigenvalue weighted by Crippen LogP contribution is 2.44. The Bertz CT molecular complexity index is 4040. The van der Waals surface area contributed by atoms with Crippen molar-refractivity contribution in [1.82, 2.24) is 15.0 Å². The molecule has 0 atom stereocenters. The van der Waals surface area contributed by atoms with E-state index >= 15 is 0 Å². The third-order valence-electron chi connectivity index (χ3n) is 15.0. The molecule has 398 valence electrons. The smallest absolute Gasteiger partial charge is 0.400 e. The lowest BCUT2D eigenvalue weighted by atomic mass is 9.87. The van der Waals surface area contributed by atoms with Crippen LogP contribution >= 0.6 is 0 Å². The van der Waals surface area contributed by atoms with Gasteiger partial charge in [-0.25, -0.2) is 0 Å². The van der Waals surface area contributed by atoms with Gasteiger partial charge in [0.1, 0.15) is 11.2 Å². The molecule has 0 aliphatic rings. The molecule has 12 rings (SSSR count). The molecule has 0 spiro atoms. The van der Waals surface area contributed by atoms with Crippen LogP contribution < -0.4 is 0 Å². The van der Waals surface area contributed by atoms with E-state index in [4.69, 9.17) is 19.4 Å². The second-order valence-corrected chi connectivity index (χ2v) is 20.5. The van der Waals surface area contributed by atoms with Crippen LogP contribution in [0.3, 0.4) is 0 Å². The maximum Gasteiger partial charge on any atom is 0.400 e. The first-order valence-corrected chi connectivity index (χ1v) is 26.8. The fourth-order valence-corrected chi connectivity index (χ4v) is 10.8. The summed E-state index contributed by atoms with van der Waals surface area (Å²) in [6.45, 7) is 0. The van der Waals surface area contributed by atoms with Gasteiger partial charge in [0.05, 0.1) is 17.1 Å². The number of pyridine rings is 3. The Kier molecular flexibility index (Phi) is 14.5. The second-order valence-electron chi connectivity index (χ2n) is 20.5. The molecule has 0 aliphatic heterocycles. The summed E-state index contributed by atoms with van der Waals surface area (Å²) in [7, 11) is 0. The molecule has 0 aliphatic carbocycles. The molecule has 0 unspecified atom stereocenters. The van der Waals surface area contributed by atoms with Gasteiger partial charge in [-0.1, -0.05) is 182 Å². The fourth-order valence-electron chi connectivity index (χ4n) is 10.8. The van der Waals surface area contributed by atoms with Crippen molar-refractivity contribution in [2.45, 2.75) is 44.5 Å². The number of hydrogen-bond donors (Lipinski definition) is 0. The molecule has 0 amide bonds. The van der Waals surface area contributed by atoms with Crippen LogP contribution in [0.1, 0.15) is 27.8 Å². The lowest BCUT2D eigenvalue weighted by molar-refractivity contribution is -0.283. The Hall–Kier alpha value is -9.41. The van der Waals surface area contributed by atoms with Gasteiger partial charge in [-0.05, 0) is 141 Å². The molecular formula is C71H51F6N3O. The van der Waals surface area contributed by atoms with E-state index in [-0.39, 0.29) is 5.56 Å². The zero-order chi connectivity index (χ0) is 55.5. The van der Waals surface area contributed by atoms with Gasteiger partial charge >= 0.3 is 12.4 Å². The number of rotatable bonds is 15. The molecule has 4 heterocycles. The number of alkyl halides is 6. The Balaban J connectivity index is 0.902. The van der Waals surface area contributed by atoms with Crippen molar-refractivity contribution in [3.63, 3.8) is 0 Å². The number of benzene rings is 8. The van der Waals surface area contributed by atoms with E-state index in [9.17, 15) is 26.3 Å². The topological polar surface area (TPSA) is 51.8 Å². The summed E-state index contributed by atoms with van der Waals surface area (Å²) < 4.78 is 87.8. The van der Waals surface area contributed by atoms with Crippen LogP contribution in [-0.4, -0.2) is 27.3 Å². The van der Waals surface area contributed by atoms with Crippen LogP contribution in [0.2, 0.25) is 0 Å². The van der Waals surface area contributed by atoms with Gasteiger partial charge in [0.25, 0.3) is 0 Å². The van der Waals surface area contributed by atoms with E-state index in [0.717, 1.165) is 115 Å². The molecule has 10 heteroatoms. The first-order chi connectivity index (χ1) is 39.4. The number of halogens is 6. The van der Waals surface area contributed by atoms with Gasteiger partial charge in [0, 0.05) is 51.6 Å². The molecule has 0 radical (unpaired) electrons. The summed E-state index contributed by atoms with van der Waals surface area (Å²) in [5.41, 5.74) is 18.5. The standard InChI is InChI=1S/C71H51F6N3O/c72-70(73,74)69(71(75,76)77)39-48-13-12-20-54(36-48)55-29-31-60-61-32-30-56(41-68(61)81-67(60)40-55)62-42-66(53-18-8-3-9-19-53)80-45-63(62)59-22-11-10-21-58(59)57-37-49(25-23-46-27-33-64(78-43-46)51-14-4-1-5-15-51)35-50(38-57)26-24-47-28-34-65(79-44-47)52-16-6-2-7-17-52/h1-22,27-38,40-45,69H,23-26,39H2. The predicted octanol–water partition coefficient (Wildman–Crippen LogP) is 19.3. The van der Waals surface area contributed by atoms with Gasteiger partial charge in [-0.2, -0.15) is 26.3 Å². The van der Waals surface area contributed by atoms with Crippen LogP contribution in [0, 0.1) is 5.92 Å². The normalized spacial score (nSPS) is 11.9. The van der Waals surface area contributed by atoms with Crippen molar-refractivity contribution in [3.05, 3.63) is 271 Å². The molecule has 0 saturated carbocycles. The van der Waals surface area contributed by atoms with E-state index < -0.39 is 24.7 Å². The summed E-state index contributed by atoms with van der Waals surface area (Å²) in [5, 5.41) is 1.66. The maximum atomic E-state index is 13.5. The summed E-state index contributed by atoms with van der Waals surface area (Å²) in [4.78, 5) is 14.8. The highest BCUT2D eigenvalue weighted by molar-refractivity contribution is 6.07. The highest BCUT2D eigenvalue weighted by atomic mass is 19.4. The second kappa shape index (κ2) is 22.4. The molecule has 12 aromatic rings. The summed E-state index contributed by atoms with van der Waals surface area (Å²) >= 11 is 0. The quantitative estimate of drug-likeness (QED) is 0.0960. The lowest BCUT2D eigenvalue weighted by Gasteiger charge is -2.23. The average molecular weight is 1080 g/mol. The predicted molar refractivity (Wildman–Crippen MR) is 312 cm³/mol. The van der Waals surface area contributed by atoms with Crippen molar-refractivity contribution >= 4 is 21.9 Å². The van der Waals surface area contributed by atoms with Crippen LogP contribution in [-0.2, 0) is 32.1 Å². The number of fused-ring (bicyclic) bond motifs is 3. The molecule has 4 nitrogen and oxygen atoms in total. The van der Waals surface area contributed by atoms with E-state index in [0.29, 0.717) is 22.3 Å². The minimum Gasteiger partial charge on any atom is -0.456 e. The zero-order valence-electron chi connectivity index (χ0n) is 43.7. The Labute approximate surface area is 465 Å². The first-order valence-electron chi connectivity index (χ1n) is 26.8. The summed E-state index contributed by atoms with van der Waals surface area (Å²) in [6.07, 6.45) is -2.95. The van der Waals surface area contributed by atoms with Crippen LogP contribution in [0.5, 0.6) is 0 Å². The molecular weight excluding hydrogens is 1020 g/mol. The molecule has 0 bridgehead atoms. The molecule has 0 saturated heterocycles. The van der Waals surface area contributed by atoms with Gasteiger partial charge in [-0.15, -0.1) is 0 Å². The van der Waals surface area contributed by atoms with Crippen molar-refractivity contribution in [2.24, 2.45) is 5.92 Å². The van der Waals surface area contributed by atoms with Crippen LogP contribution in [0.15, 0.2) is 247 Å². The summed E-state index contributed by atoms with van der Waals surface area (Å²) in [5.74, 6) is -3.48. The number of furan rings is 1. The van der Waals surface area contributed by atoms with E-state index in [1.807, 2.05) is 104 Å². The van der Waals surface area contributed by atoms with Crippen LogP contribution in [0.25, 0.3) is 100 Å². The fraction of sp³-hybridized carbons (Fsp3) is 0.113. The number of aromatic nitrogens is 3. The Morgan fingerprint density at radius 1 is 0.309 bits per heavy atom. The first kappa shape index (κ1) is 52.3. The maximum absolute atomic E-state index is 13.5. The highest BCUT2D eigenvalue weighted by Gasteiger charge is 2.56. The third-order valence-corrected chi connectivity index (χ3v) is 15.0. The molecule has 81 heavy (non-hydrogen) atoms. The lowest BCUT2D eigenvalue weighted by Crippen LogP contribution is -2.38. The van der Waals surface area contributed by atoms with Crippen molar-refractivity contribution in [1.29, 1.82) is 0 Å². The van der Waals surface area contributed by atoms with Crippen molar-refractivity contribution in [3.8, 4) is 78.3 Å². The van der Waals surface area contributed by atoms with Gasteiger partial charge in [0.2, 0.25) is 0 Å². The molecule has 0 fully saturated rings. The average Bonchev–Trinajstić information content (AvgIpc) is 3.91. The minimum absolute atomic E-state index is 0.0724. The van der Waals surface area contributed by atoms with Crippen LogP contribution in [0.4, 0.5) is 26.3 Å².